The Bertz CT molecular complexity index is 1000. The predicted molar refractivity (Wildman–Crippen MR) is 119 cm³/mol. The summed E-state index contributed by atoms with van der Waals surface area (Å²) in [5.74, 6) is 1.71. The maximum absolute atomic E-state index is 13.2. The molecule has 6 nitrogen and oxygen atoms in total. The fourth-order valence-corrected chi connectivity index (χ4v) is 4.68. The van der Waals surface area contributed by atoms with Crippen molar-refractivity contribution < 1.29 is 13.7 Å². The molecule has 156 valence electrons. The summed E-state index contributed by atoms with van der Waals surface area (Å²) in [5.41, 5.74) is 5.99. The molecule has 0 radical (unpaired) electrons. The van der Waals surface area contributed by atoms with Crippen LogP contribution < -0.4 is 14.4 Å². The van der Waals surface area contributed by atoms with Gasteiger partial charge in [0.25, 0.3) is 0 Å². The second kappa shape index (κ2) is 8.86. The summed E-state index contributed by atoms with van der Waals surface area (Å²) in [6, 6.07) is 7.88. The lowest BCUT2D eigenvalue weighted by Gasteiger charge is -2.21. The molecule has 1 unspecified atom stereocenters. The Labute approximate surface area is 174 Å². The Kier molecular flexibility index (Phi) is 6.47. The van der Waals surface area contributed by atoms with Gasteiger partial charge in [0.05, 0.1) is 40.8 Å². The van der Waals surface area contributed by atoms with Crippen LogP contribution in [-0.2, 0) is 16.6 Å². The van der Waals surface area contributed by atoms with Crippen LogP contribution in [0.3, 0.4) is 0 Å². The Morgan fingerprint density at radius 2 is 1.66 bits per heavy atom. The molecular formula is C22H29N3O3S. The molecule has 3 aromatic rings. The van der Waals surface area contributed by atoms with E-state index < -0.39 is 10.8 Å². The number of aryl methyl sites for hydroxylation is 2. The van der Waals surface area contributed by atoms with Crippen LogP contribution in [0.4, 0.5) is 5.69 Å². The minimum atomic E-state index is -1.31. The lowest BCUT2D eigenvalue weighted by atomic mass is 10.0. The van der Waals surface area contributed by atoms with E-state index in [9.17, 15) is 4.21 Å². The maximum Gasteiger partial charge on any atom is 0.197 e. The highest BCUT2D eigenvalue weighted by Gasteiger charge is 2.18. The largest absolute Gasteiger partial charge is 0.490 e. The molecule has 1 N–H and O–H groups in total. The number of H-pyrrole nitrogens is 1. The van der Waals surface area contributed by atoms with Crippen LogP contribution in [0.2, 0.25) is 0 Å². The van der Waals surface area contributed by atoms with E-state index in [1.807, 2.05) is 40.1 Å². The van der Waals surface area contributed by atoms with Crippen LogP contribution in [0.1, 0.15) is 30.5 Å². The van der Waals surface area contributed by atoms with Crippen molar-refractivity contribution in [2.24, 2.45) is 0 Å². The number of imidazole rings is 1. The van der Waals surface area contributed by atoms with Gasteiger partial charge in [0.2, 0.25) is 0 Å². The van der Waals surface area contributed by atoms with Crippen molar-refractivity contribution in [3.8, 4) is 11.5 Å². The SMILES string of the molecule is CCOc1cc2nc(S(=O)Cc3c(C)ccc(C)c3N(C)C)[nH]c2cc1OCC. The summed E-state index contributed by atoms with van der Waals surface area (Å²) in [4.78, 5) is 9.86. The molecule has 0 amide bonds. The second-order valence-corrected chi connectivity index (χ2v) is 8.50. The smallest absolute Gasteiger partial charge is 0.197 e. The molecule has 0 saturated heterocycles. The summed E-state index contributed by atoms with van der Waals surface area (Å²) >= 11 is 0. The summed E-state index contributed by atoms with van der Waals surface area (Å²) in [6.07, 6.45) is 0. The zero-order valence-corrected chi connectivity index (χ0v) is 18.8. The number of aromatic nitrogens is 2. The van der Waals surface area contributed by atoms with Crippen molar-refractivity contribution in [2.45, 2.75) is 38.6 Å². The highest BCUT2D eigenvalue weighted by atomic mass is 32.2. The fraction of sp³-hybridized carbons (Fsp3) is 0.409. The number of nitrogens with zero attached hydrogens (tertiary/aromatic N) is 2. The third kappa shape index (κ3) is 4.40. The molecule has 2 aromatic carbocycles. The average molecular weight is 416 g/mol. The molecule has 0 aliphatic rings. The van der Waals surface area contributed by atoms with Gasteiger partial charge in [0.1, 0.15) is 0 Å². The third-order valence-corrected chi connectivity index (χ3v) is 5.96. The number of rotatable bonds is 8. The molecule has 1 atom stereocenters. The van der Waals surface area contributed by atoms with Crippen molar-refractivity contribution in [1.82, 2.24) is 9.97 Å². The van der Waals surface area contributed by atoms with Crippen LogP contribution in [0.15, 0.2) is 29.4 Å². The van der Waals surface area contributed by atoms with Crippen molar-refractivity contribution in [3.63, 3.8) is 0 Å². The van der Waals surface area contributed by atoms with Crippen molar-refractivity contribution >= 4 is 27.5 Å². The van der Waals surface area contributed by atoms with Gasteiger partial charge < -0.3 is 19.4 Å². The van der Waals surface area contributed by atoms with Gasteiger partial charge in [-0.15, -0.1) is 0 Å². The first-order valence-electron chi connectivity index (χ1n) is 9.79. The standard InChI is InChI=1S/C22H29N3O3S/c1-7-27-19-11-17-18(12-20(19)28-8-2)24-22(23-17)29(26)13-16-14(3)9-10-15(4)21(16)25(5)6/h9-12H,7-8,13H2,1-6H3,(H,23,24). The van der Waals surface area contributed by atoms with E-state index >= 15 is 0 Å². The number of benzene rings is 2. The van der Waals surface area contributed by atoms with Crippen molar-refractivity contribution in [2.75, 3.05) is 32.2 Å². The first-order chi connectivity index (χ1) is 13.8. The zero-order valence-electron chi connectivity index (χ0n) is 18.0. The van der Waals surface area contributed by atoms with Crippen molar-refractivity contribution in [3.05, 3.63) is 41.0 Å². The minimum Gasteiger partial charge on any atom is -0.490 e. The average Bonchev–Trinajstić information content (AvgIpc) is 3.08. The number of ether oxygens (including phenoxy) is 2. The Morgan fingerprint density at radius 3 is 2.28 bits per heavy atom. The molecule has 0 spiro atoms. The van der Waals surface area contributed by atoms with Gasteiger partial charge in [-0.25, -0.2) is 4.98 Å². The molecule has 7 heteroatoms. The molecular weight excluding hydrogens is 386 g/mol. The Hall–Kier alpha value is -2.54. The highest BCUT2D eigenvalue weighted by Crippen LogP contribution is 2.33. The molecule has 0 bridgehead atoms. The van der Waals surface area contributed by atoms with Gasteiger partial charge in [-0.05, 0) is 44.4 Å². The second-order valence-electron chi connectivity index (χ2n) is 7.13. The molecule has 1 aromatic heterocycles. The van der Waals surface area contributed by atoms with Crippen molar-refractivity contribution in [1.29, 1.82) is 0 Å². The summed E-state index contributed by atoms with van der Waals surface area (Å²) < 4.78 is 24.5. The number of hydrogen-bond acceptors (Lipinski definition) is 5. The van der Waals surface area contributed by atoms with Gasteiger partial charge in [-0.2, -0.15) is 0 Å². The lowest BCUT2D eigenvalue weighted by Crippen LogP contribution is -2.15. The van der Waals surface area contributed by atoms with E-state index in [0.29, 0.717) is 41.1 Å². The molecule has 29 heavy (non-hydrogen) atoms. The van der Waals surface area contributed by atoms with Crippen LogP contribution in [-0.4, -0.2) is 41.5 Å². The Morgan fingerprint density at radius 1 is 1.03 bits per heavy atom. The Balaban J connectivity index is 1.97. The van der Waals surface area contributed by atoms with Gasteiger partial charge >= 0.3 is 0 Å². The lowest BCUT2D eigenvalue weighted by molar-refractivity contribution is 0.288. The van der Waals surface area contributed by atoms with E-state index in [2.05, 4.69) is 40.8 Å². The number of hydrogen-bond donors (Lipinski definition) is 1. The van der Waals surface area contributed by atoms with E-state index in [4.69, 9.17) is 9.47 Å². The first-order valence-corrected chi connectivity index (χ1v) is 11.1. The molecule has 1 heterocycles. The van der Waals surface area contributed by atoms with E-state index in [1.54, 1.807) is 0 Å². The minimum absolute atomic E-state index is 0.400. The number of anilines is 1. The monoisotopic (exact) mass is 415 g/mol. The zero-order chi connectivity index (χ0) is 21.1. The summed E-state index contributed by atoms with van der Waals surface area (Å²) in [5, 5.41) is 0.460. The molecule has 3 rings (SSSR count). The van der Waals surface area contributed by atoms with Gasteiger partial charge in [-0.1, -0.05) is 12.1 Å². The normalized spacial score (nSPS) is 12.2. The molecule has 0 aliphatic carbocycles. The predicted octanol–water partition coefficient (Wildman–Crippen LogP) is 4.35. The summed E-state index contributed by atoms with van der Waals surface area (Å²) in [6.45, 7) is 9.07. The molecule has 0 aliphatic heterocycles. The highest BCUT2D eigenvalue weighted by molar-refractivity contribution is 7.84. The van der Waals surface area contributed by atoms with E-state index in [1.165, 1.54) is 5.56 Å². The van der Waals surface area contributed by atoms with Crippen LogP contribution in [0.25, 0.3) is 11.0 Å². The quantitative estimate of drug-likeness (QED) is 0.592. The number of nitrogens with one attached hydrogen (secondary N) is 1. The van der Waals surface area contributed by atoms with E-state index in [-0.39, 0.29) is 0 Å². The number of fused-ring (bicyclic) bond motifs is 1. The van der Waals surface area contributed by atoms with Gasteiger partial charge in [-0.3, -0.25) is 4.21 Å². The maximum atomic E-state index is 13.2. The first kappa shape index (κ1) is 21.2. The van der Waals surface area contributed by atoms with Gasteiger partial charge in [0, 0.05) is 31.9 Å². The number of aromatic amines is 1. The summed E-state index contributed by atoms with van der Waals surface area (Å²) in [7, 11) is 2.72. The fourth-order valence-electron chi connectivity index (χ4n) is 3.50. The molecule has 0 fully saturated rings. The van der Waals surface area contributed by atoms with Crippen LogP contribution >= 0.6 is 0 Å². The topological polar surface area (TPSA) is 67.5 Å². The molecule has 0 saturated carbocycles. The van der Waals surface area contributed by atoms with Crippen LogP contribution in [0.5, 0.6) is 11.5 Å². The van der Waals surface area contributed by atoms with E-state index in [0.717, 1.165) is 22.3 Å². The third-order valence-electron chi connectivity index (χ3n) is 4.78. The van der Waals surface area contributed by atoms with Crippen LogP contribution in [0, 0.1) is 13.8 Å². The van der Waals surface area contributed by atoms with Gasteiger partial charge in [0.15, 0.2) is 16.7 Å².